The first-order chi connectivity index (χ1) is 69.2. The highest BCUT2D eigenvalue weighted by Crippen LogP contribution is 2.62. The Morgan fingerprint density at radius 2 is 0.504 bits per heavy atom. The second-order valence-corrected chi connectivity index (χ2v) is 40.4. The van der Waals surface area contributed by atoms with E-state index in [1.807, 2.05) is 29.5 Å². The number of para-hydroxylation sites is 5. The molecule has 24 aromatic rings. The number of benzene rings is 22. The third-order valence-electron chi connectivity index (χ3n) is 29.3. The Bertz CT molecular complexity index is 8620. The quantitative estimate of drug-likeness (QED) is 0.108. The maximum Gasteiger partial charge on any atom is 0.135 e. The highest BCUT2D eigenvalue weighted by Gasteiger charge is 2.48. The smallest absolute Gasteiger partial charge is 0.135 e. The summed E-state index contributed by atoms with van der Waals surface area (Å²) in [6, 6.07) is 174. The molecular weight excluding hydrogens is 1790 g/mol. The zero-order valence-corrected chi connectivity index (χ0v) is 81.1. The minimum Gasteiger partial charge on any atom is -0.456 e. The molecule has 0 atom stereocenters. The molecular formula is C133H92Cl3N3OS. The maximum absolute atomic E-state index is 7.08. The van der Waals surface area contributed by atoms with Gasteiger partial charge in [-0.1, -0.05) is 378 Å². The number of hydrogen-bond acceptors (Lipinski definition) is 5. The van der Waals surface area contributed by atoms with Crippen molar-refractivity contribution >= 4 is 172 Å². The van der Waals surface area contributed by atoms with E-state index in [1.165, 1.54) is 142 Å². The van der Waals surface area contributed by atoms with Crippen molar-refractivity contribution in [2.75, 3.05) is 14.7 Å². The summed E-state index contributed by atoms with van der Waals surface area (Å²) >= 11 is 23.0. The second kappa shape index (κ2) is 35.1. The predicted octanol–water partition coefficient (Wildman–Crippen LogP) is 39.1. The van der Waals surface area contributed by atoms with Gasteiger partial charge in [-0.25, -0.2) is 0 Å². The van der Waals surface area contributed by atoms with Crippen LogP contribution in [0.2, 0.25) is 15.1 Å². The van der Waals surface area contributed by atoms with Crippen molar-refractivity contribution in [2.24, 2.45) is 0 Å². The molecule has 0 saturated carbocycles. The molecule has 4 nitrogen and oxygen atoms in total. The van der Waals surface area contributed by atoms with E-state index in [0.717, 1.165) is 95.4 Å². The standard InChI is InChI=1S/C47H32ClN.C43H30ClNO.C43H30ClNS/c48-36-29-33(30-39(31-36)49(37-21-9-3-10-22-37)38-23-11-4-12-24-38)43-32-45-46(41-26-14-13-25-40(41)43)42-27-15-16-28-44(42)47(45,34-17-5-1-6-18-34)35-19-7-2-8-20-35;2*1-43(2)38-18-10-8-17-35(38)42-34-16-7-6-14-32(34)36(26-39(42)43)27-22-28(44)24-31(23-27)45(29-12-4-3-5-13-29)30-20-21-41-37(25-30)33-15-9-11-19-40(33)46-41/h1-32H;2*3-26H,1-2H3. The van der Waals surface area contributed by atoms with Gasteiger partial charge in [-0.2, -0.15) is 0 Å². The second-order valence-electron chi connectivity index (χ2n) is 38.0. The van der Waals surface area contributed by atoms with E-state index in [-0.39, 0.29) is 10.8 Å². The summed E-state index contributed by atoms with van der Waals surface area (Å²) in [5, 5.41) is 14.3. The summed E-state index contributed by atoms with van der Waals surface area (Å²) in [6.07, 6.45) is 0. The van der Waals surface area contributed by atoms with Gasteiger partial charge in [0.15, 0.2) is 0 Å². The van der Waals surface area contributed by atoms with Crippen LogP contribution in [0.4, 0.5) is 51.2 Å². The molecule has 0 aliphatic heterocycles. The number of nitrogens with zero attached hydrogens (tertiary/aromatic N) is 3. The van der Waals surface area contributed by atoms with Crippen molar-refractivity contribution in [1.29, 1.82) is 0 Å². The first-order valence-electron chi connectivity index (χ1n) is 48.1. The molecule has 0 unspecified atom stereocenters. The van der Waals surface area contributed by atoms with E-state index >= 15 is 0 Å². The van der Waals surface area contributed by atoms with Crippen LogP contribution in [-0.2, 0) is 16.2 Å². The summed E-state index contributed by atoms with van der Waals surface area (Å²) in [5.74, 6) is 0. The Morgan fingerprint density at radius 1 is 0.199 bits per heavy atom. The molecule has 22 aromatic carbocycles. The molecule has 2 aromatic heterocycles. The third-order valence-corrected chi connectivity index (χ3v) is 31.1. The van der Waals surface area contributed by atoms with Crippen molar-refractivity contribution in [3.05, 3.63) is 545 Å². The number of anilines is 9. The fraction of sp³-hybridized carbons (Fsp3) is 0.0526. The lowest BCUT2D eigenvalue weighted by atomic mass is 9.67. The summed E-state index contributed by atoms with van der Waals surface area (Å²) < 4.78 is 8.77. The number of hydrogen-bond donors (Lipinski definition) is 0. The van der Waals surface area contributed by atoms with Gasteiger partial charge in [-0.15, -0.1) is 11.3 Å². The van der Waals surface area contributed by atoms with Crippen molar-refractivity contribution < 1.29 is 4.42 Å². The van der Waals surface area contributed by atoms with E-state index < -0.39 is 5.41 Å². The summed E-state index contributed by atoms with van der Waals surface area (Å²) in [6.45, 7) is 9.38. The minimum absolute atomic E-state index is 0.110. The first kappa shape index (κ1) is 86.5. The first-order valence-corrected chi connectivity index (χ1v) is 50.1. The van der Waals surface area contributed by atoms with Crippen LogP contribution < -0.4 is 14.7 Å². The van der Waals surface area contributed by atoms with Crippen molar-refractivity contribution in [2.45, 2.75) is 43.9 Å². The number of fused-ring (bicyclic) bond motifs is 21. The van der Waals surface area contributed by atoms with Crippen molar-refractivity contribution in [3.63, 3.8) is 0 Å². The number of thiophene rings is 1. The van der Waals surface area contributed by atoms with Gasteiger partial charge in [-0.3, -0.25) is 0 Å². The average molecular weight is 1890 g/mol. The Hall–Kier alpha value is -16.1. The molecule has 27 rings (SSSR count). The van der Waals surface area contributed by atoms with Crippen LogP contribution in [0.15, 0.2) is 490 Å². The highest BCUT2D eigenvalue weighted by molar-refractivity contribution is 7.25. The highest BCUT2D eigenvalue weighted by atomic mass is 35.5. The Kier molecular flexibility index (Phi) is 21.5. The molecule has 0 fully saturated rings. The molecule has 8 heteroatoms. The predicted molar refractivity (Wildman–Crippen MR) is 600 cm³/mol. The Labute approximate surface area is 839 Å². The van der Waals surface area contributed by atoms with Gasteiger partial charge in [0.05, 0.1) is 5.41 Å². The molecule has 141 heavy (non-hydrogen) atoms. The van der Waals surface area contributed by atoms with Gasteiger partial charge >= 0.3 is 0 Å². The van der Waals surface area contributed by atoms with Gasteiger partial charge in [-0.05, 0) is 313 Å². The fourth-order valence-corrected chi connectivity index (χ4v) is 24.8. The van der Waals surface area contributed by atoms with Gasteiger partial charge < -0.3 is 19.1 Å². The van der Waals surface area contributed by atoms with Gasteiger partial charge in [0.25, 0.3) is 0 Å². The number of furan rings is 1. The topological polar surface area (TPSA) is 22.9 Å². The lowest BCUT2D eigenvalue weighted by Crippen LogP contribution is -2.28. The third kappa shape index (κ3) is 14.7. The Morgan fingerprint density at radius 3 is 0.936 bits per heavy atom. The van der Waals surface area contributed by atoms with E-state index in [0.29, 0.717) is 15.1 Å². The molecule has 0 N–H and O–H groups in total. The van der Waals surface area contributed by atoms with Gasteiger partial charge in [0.1, 0.15) is 11.2 Å². The van der Waals surface area contributed by atoms with Crippen LogP contribution in [0, 0.1) is 0 Å². The molecule has 3 aliphatic carbocycles. The fourth-order valence-electron chi connectivity index (χ4n) is 23.0. The molecule has 0 bridgehead atoms. The van der Waals surface area contributed by atoms with E-state index in [4.69, 9.17) is 39.2 Å². The molecule has 0 amide bonds. The zero-order chi connectivity index (χ0) is 94.8. The number of halogens is 3. The van der Waals surface area contributed by atoms with E-state index in [1.54, 1.807) is 0 Å². The molecule has 0 radical (unpaired) electrons. The lowest BCUT2D eigenvalue weighted by molar-refractivity contribution is 0.661. The van der Waals surface area contributed by atoms with E-state index in [9.17, 15) is 0 Å². The van der Waals surface area contributed by atoms with Crippen LogP contribution in [-0.4, -0.2) is 0 Å². The zero-order valence-electron chi connectivity index (χ0n) is 78.0. The van der Waals surface area contributed by atoms with Crippen LogP contribution in [0.25, 0.3) is 141 Å². The Balaban J connectivity index is 0.000000111. The molecule has 0 spiro atoms. The molecule has 2 heterocycles. The monoisotopic (exact) mass is 1880 g/mol. The summed E-state index contributed by atoms with van der Waals surface area (Å²) in [4.78, 5) is 6.89. The van der Waals surface area contributed by atoms with E-state index in [2.05, 4.69) is 510 Å². The van der Waals surface area contributed by atoms with Gasteiger partial charge in [0.2, 0.25) is 0 Å². The molecule has 0 saturated heterocycles. The number of rotatable bonds is 14. The van der Waals surface area contributed by atoms with Crippen molar-refractivity contribution in [1.82, 2.24) is 0 Å². The SMILES string of the molecule is CC1(C)c2ccccc2-c2c1cc(-c1cc(Cl)cc(N(c3ccccc3)c3ccc4oc5ccccc5c4c3)c1)c1ccccc21.CC1(C)c2ccccc2-c2c1cc(-c1cc(Cl)cc(N(c3ccccc3)c3ccc4sc5ccccc5c4c3)c1)c1ccccc21.Clc1cc(-c2cc3c(c4ccccc24)-c2ccccc2C3(c2ccccc2)c2ccccc2)cc(N(c2ccccc2)c2ccccc2)c1. The van der Waals surface area contributed by atoms with Crippen molar-refractivity contribution in [3.8, 4) is 66.8 Å². The molecule has 672 valence electrons. The van der Waals surface area contributed by atoms with Gasteiger partial charge in [0, 0.05) is 108 Å². The summed E-state index contributed by atoms with van der Waals surface area (Å²) in [7, 11) is 0. The normalized spacial score (nSPS) is 13.1. The van der Waals surface area contributed by atoms with Crippen LogP contribution in [0.5, 0.6) is 0 Å². The lowest BCUT2D eigenvalue weighted by Gasteiger charge is -2.34. The minimum atomic E-state index is -0.505. The largest absolute Gasteiger partial charge is 0.456 e. The van der Waals surface area contributed by atoms with Crippen LogP contribution in [0.3, 0.4) is 0 Å². The average Bonchev–Trinajstić information content (AvgIpc) is 1.52. The van der Waals surface area contributed by atoms with Crippen LogP contribution in [0.1, 0.15) is 72.2 Å². The summed E-state index contributed by atoms with van der Waals surface area (Å²) in [5.41, 5.74) is 35.8. The maximum atomic E-state index is 7.08. The molecule has 3 aliphatic rings. The van der Waals surface area contributed by atoms with Crippen LogP contribution >= 0.6 is 46.1 Å².